The van der Waals surface area contributed by atoms with Gasteiger partial charge in [-0.2, -0.15) is 0 Å². The van der Waals surface area contributed by atoms with E-state index in [-0.39, 0.29) is 36.6 Å². The lowest BCUT2D eigenvalue weighted by atomic mass is 10.1. The van der Waals surface area contributed by atoms with Crippen LogP contribution in [0.4, 0.5) is 5.69 Å². The van der Waals surface area contributed by atoms with E-state index in [1.54, 1.807) is 36.2 Å². The quantitative estimate of drug-likeness (QED) is 0.626. The Labute approximate surface area is 183 Å². The van der Waals surface area contributed by atoms with E-state index in [1.165, 1.54) is 11.8 Å². The third-order valence-electron chi connectivity index (χ3n) is 4.89. The van der Waals surface area contributed by atoms with E-state index in [4.69, 9.17) is 0 Å². The molecule has 1 aliphatic rings. The van der Waals surface area contributed by atoms with Crippen LogP contribution in [-0.2, 0) is 16.1 Å². The van der Waals surface area contributed by atoms with Crippen LogP contribution >= 0.6 is 15.9 Å². The van der Waals surface area contributed by atoms with Crippen molar-refractivity contribution >= 4 is 45.2 Å². The molecule has 1 aliphatic heterocycles. The fourth-order valence-electron chi connectivity index (χ4n) is 3.22. The number of nitrogens with one attached hydrogen (secondary N) is 1. The molecule has 0 aromatic heterocycles. The summed E-state index contributed by atoms with van der Waals surface area (Å²) in [5.41, 5.74) is 2.31. The van der Waals surface area contributed by atoms with E-state index in [2.05, 4.69) is 21.2 Å². The Morgan fingerprint density at radius 1 is 1.07 bits per heavy atom. The second-order valence-corrected chi connectivity index (χ2v) is 8.09. The van der Waals surface area contributed by atoms with Crippen molar-refractivity contribution in [2.75, 3.05) is 18.9 Å². The summed E-state index contributed by atoms with van der Waals surface area (Å²) in [5, 5.41) is 2.82. The molecule has 0 aliphatic carbocycles. The second kappa shape index (κ2) is 9.21. The lowest BCUT2D eigenvalue weighted by Gasteiger charge is -2.16. The maximum Gasteiger partial charge on any atom is 0.261 e. The molecular weight excluding hydrogens is 450 g/mol. The molecular formula is C22H22BrN3O4. The van der Waals surface area contributed by atoms with Gasteiger partial charge in [-0.15, -0.1) is 0 Å². The molecule has 0 saturated heterocycles. The van der Waals surface area contributed by atoms with Crippen LogP contribution in [0.3, 0.4) is 0 Å². The number of amides is 4. The van der Waals surface area contributed by atoms with Crippen LogP contribution in [0.2, 0.25) is 0 Å². The van der Waals surface area contributed by atoms with Crippen molar-refractivity contribution in [3.05, 3.63) is 63.6 Å². The molecule has 4 amide bonds. The van der Waals surface area contributed by atoms with Crippen molar-refractivity contribution in [1.29, 1.82) is 0 Å². The molecule has 1 heterocycles. The van der Waals surface area contributed by atoms with Gasteiger partial charge in [-0.1, -0.05) is 28.1 Å². The van der Waals surface area contributed by atoms with Crippen molar-refractivity contribution in [3.63, 3.8) is 0 Å². The van der Waals surface area contributed by atoms with Crippen LogP contribution < -0.4 is 5.32 Å². The fourth-order valence-corrected chi connectivity index (χ4v) is 3.58. The summed E-state index contributed by atoms with van der Waals surface area (Å²) in [4.78, 5) is 51.3. The zero-order chi connectivity index (χ0) is 21.8. The van der Waals surface area contributed by atoms with E-state index >= 15 is 0 Å². The molecule has 0 bridgehead atoms. The molecule has 2 aromatic rings. The summed E-state index contributed by atoms with van der Waals surface area (Å²) in [6.07, 6.45) is 0.542. The van der Waals surface area contributed by atoms with Crippen LogP contribution in [0, 0.1) is 0 Å². The van der Waals surface area contributed by atoms with Crippen LogP contribution in [0.15, 0.2) is 46.9 Å². The summed E-state index contributed by atoms with van der Waals surface area (Å²) in [6.45, 7) is 2.13. The van der Waals surface area contributed by atoms with Crippen LogP contribution in [0.1, 0.15) is 46.0 Å². The predicted molar refractivity (Wildman–Crippen MR) is 116 cm³/mol. The van der Waals surface area contributed by atoms with Gasteiger partial charge in [0.2, 0.25) is 11.8 Å². The van der Waals surface area contributed by atoms with E-state index < -0.39 is 0 Å². The highest BCUT2D eigenvalue weighted by atomic mass is 79.9. The largest absolute Gasteiger partial charge is 0.342 e. The molecule has 0 unspecified atom stereocenters. The van der Waals surface area contributed by atoms with Gasteiger partial charge in [-0.25, -0.2) is 0 Å². The van der Waals surface area contributed by atoms with Gasteiger partial charge in [0.15, 0.2) is 0 Å². The molecule has 0 atom stereocenters. The van der Waals surface area contributed by atoms with Gasteiger partial charge in [-0.05, 0) is 42.3 Å². The first kappa shape index (κ1) is 21.7. The monoisotopic (exact) mass is 471 g/mol. The van der Waals surface area contributed by atoms with Gasteiger partial charge in [-0.3, -0.25) is 24.1 Å². The van der Waals surface area contributed by atoms with E-state index in [1.807, 2.05) is 18.2 Å². The number of carbonyl (C=O) groups excluding carboxylic acids is 4. The Kier molecular flexibility index (Phi) is 6.66. The molecule has 7 nitrogen and oxygen atoms in total. The topological polar surface area (TPSA) is 86.8 Å². The molecule has 0 spiro atoms. The summed E-state index contributed by atoms with van der Waals surface area (Å²) < 4.78 is 0.736. The van der Waals surface area contributed by atoms with Crippen molar-refractivity contribution in [3.8, 4) is 0 Å². The van der Waals surface area contributed by atoms with Gasteiger partial charge in [0.1, 0.15) is 0 Å². The van der Waals surface area contributed by atoms with E-state index in [9.17, 15) is 19.2 Å². The first-order valence-electron chi connectivity index (χ1n) is 9.52. The lowest BCUT2D eigenvalue weighted by molar-refractivity contribution is -0.128. The number of benzene rings is 2. The summed E-state index contributed by atoms with van der Waals surface area (Å²) >= 11 is 3.31. The standard InChI is InChI=1S/C22H22BrN3O4/c1-14(27)25(2)13-15-5-3-6-17(11-15)24-20(28)7-4-10-26-21(29)18-9-8-16(23)12-19(18)22(26)30/h3,5-6,8-9,11-12H,4,7,10,13H2,1-2H3,(H,24,28). The predicted octanol–water partition coefficient (Wildman–Crippen LogP) is 3.44. The first-order valence-corrected chi connectivity index (χ1v) is 10.3. The molecule has 156 valence electrons. The smallest absolute Gasteiger partial charge is 0.261 e. The number of rotatable bonds is 7. The number of hydrogen-bond donors (Lipinski definition) is 1. The minimum atomic E-state index is -0.334. The summed E-state index contributed by atoms with van der Waals surface area (Å²) in [7, 11) is 1.71. The van der Waals surface area contributed by atoms with E-state index in [0.29, 0.717) is 29.8 Å². The van der Waals surface area contributed by atoms with Crippen LogP contribution in [-0.4, -0.2) is 47.0 Å². The number of imide groups is 1. The Hall–Kier alpha value is -3.00. The molecule has 0 radical (unpaired) electrons. The average Bonchev–Trinajstić information content (AvgIpc) is 2.92. The first-order chi connectivity index (χ1) is 14.3. The lowest BCUT2D eigenvalue weighted by Crippen LogP contribution is -2.31. The number of anilines is 1. The minimum Gasteiger partial charge on any atom is -0.342 e. The normalized spacial score (nSPS) is 12.7. The Bertz CT molecular complexity index is 1020. The molecule has 0 saturated carbocycles. The molecule has 8 heteroatoms. The van der Waals surface area contributed by atoms with E-state index in [0.717, 1.165) is 10.0 Å². The third kappa shape index (κ3) is 4.94. The zero-order valence-electron chi connectivity index (χ0n) is 16.8. The zero-order valence-corrected chi connectivity index (χ0v) is 18.4. The van der Waals surface area contributed by atoms with Crippen molar-refractivity contribution < 1.29 is 19.2 Å². The second-order valence-electron chi connectivity index (χ2n) is 7.18. The summed E-state index contributed by atoms with van der Waals surface area (Å²) in [5.74, 6) is -0.902. The number of hydrogen-bond acceptors (Lipinski definition) is 4. The van der Waals surface area contributed by atoms with Gasteiger partial charge in [0.05, 0.1) is 11.1 Å². The number of fused-ring (bicyclic) bond motifs is 1. The third-order valence-corrected chi connectivity index (χ3v) is 5.38. The highest BCUT2D eigenvalue weighted by Crippen LogP contribution is 2.26. The summed E-state index contributed by atoms with van der Waals surface area (Å²) in [6, 6.07) is 12.3. The minimum absolute atomic E-state index is 0.0371. The van der Waals surface area contributed by atoms with Crippen molar-refractivity contribution in [2.45, 2.75) is 26.3 Å². The molecule has 3 rings (SSSR count). The number of halogens is 1. The Morgan fingerprint density at radius 3 is 2.53 bits per heavy atom. The van der Waals surface area contributed by atoms with Crippen molar-refractivity contribution in [2.24, 2.45) is 0 Å². The highest BCUT2D eigenvalue weighted by Gasteiger charge is 2.35. The van der Waals surface area contributed by atoms with Gasteiger partial charge in [0.25, 0.3) is 11.8 Å². The molecule has 2 aromatic carbocycles. The average molecular weight is 472 g/mol. The maximum atomic E-state index is 12.5. The van der Waals surface area contributed by atoms with Gasteiger partial charge < -0.3 is 10.2 Å². The SMILES string of the molecule is CC(=O)N(C)Cc1cccc(NC(=O)CCCN2C(=O)c3ccc(Br)cc3C2=O)c1. The fraction of sp³-hybridized carbons (Fsp3) is 0.273. The molecule has 1 N–H and O–H groups in total. The number of nitrogens with zero attached hydrogens (tertiary/aromatic N) is 2. The molecule has 0 fully saturated rings. The molecule has 30 heavy (non-hydrogen) atoms. The van der Waals surface area contributed by atoms with Crippen molar-refractivity contribution in [1.82, 2.24) is 9.80 Å². The van der Waals surface area contributed by atoms with Crippen LogP contribution in [0.5, 0.6) is 0 Å². The van der Waals surface area contributed by atoms with Gasteiger partial charge in [0, 0.05) is 43.6 Å². The highest BCUT2D eigenvalue weighted by molar-refractivity contribution is 9.10. The number of carbonyl (C=O) groups is 4. The maximum absolute atomic E-state index is 12.5. The van der Waals surface area contributed by atoms with Crippen LogP contribution in [0.25, 0.3) is 0 Å². The Balaban J connectivity index is 1.52. The Morgan fingerprint density at radius 2 is 1.80 bits per heavy atom. The van der Waals surface area contributed by atoms with Gasteiger partial charge >= 0.3 is 0 Å².